The fraction of sp³-hybridized carbons (Fsp3) is 0.100. The van der Waals surface area contributed by atoms with Crippen molar-refractivity contribution in [3.05, 3.63) is 76.3 Å². The van der Waals surface area contributed by atoms with Gasteiger partial charge in [0.05, 0.1) is 5.56 Å². The van der Waals surface area contributed by atoms with Gasteiger partial charge in [0.25, 0.3) is 5.91 Å². The minimum atomic E-state index is -4.51. The Morgan fingerprint density at radius 1 is 1.04 bits per heavy atom. The van der Waals surface area contributed by atoms with Crippen molar-refractivity contribution in [2.75, 3.05) is 11.1 Å². The molecule has 1 amide bonds. The zero-order valence-electron chi connectivity index (χ0n) is 14.6. The predicted octanol–water partition coefficient (Wildman–Crippen LogP) is 5.56. The molecule has 1 aromatic heterocycles. The number of rotatable bonds is 3. The summed E-state index contributed by atoms with van der Waals surface area (Å²) in [6.45, 7) is 1.90. The number of nitrogens with two attached hydrogens (primary N) is 1. The van der Waals surface area contributed by atoms with E-state index >= 15 is 0 Å². The molecule has 0 bridgehead atoms. The Morgan fingerprint density at radius 2 is 1.71 bits per heavy atom. The van der Waals surface area contributed by atoms with Crippen LogP contribution in [0, 0.1) is 6.92 Å². The van der Waals surface area contributed by atoms with Gasteiger partial charge in [-0.3, -0.25) is 4.79 Å². The Balaban J connectivity index is 1.89. The minimum Gasteiger partial charge on any atom is -0.383 e. The van der Waals surface area contributed by atoms with E-state index in [1.165, 1.54) is 12.1 Å². The number of carbonyl (C=O) groups is 1. The summed E-state index contributed by atoms with van der Waals surface area (Å²) in [6, 6.07) is 12.8. The zero-order valence-corrected chi connectivity index (χ0v) is 15.4. The molecule has 28 heavy (non-hydrogen) atoms. The molecule has 0 aliphatic rings. The van der Waals surface area contributed by atoms with Crippen LogP contribution in [0.5, 0.6) is 0 Å². The Hall–Kier alpha value is -3.06. The topological polar surface area (TPSA) is 68.0 Å². The third-order valence-corrected chi connectivity index (χ3v) is 4.39. The van der Waals surface area contributed by atoms with Gasteiger partial charge in [0.2, 0.25) is 0 Å². The largest absolute Gasteiger partial charge is 0.416 e. The van der Waals surface area contributed by atoms with E-state index in [0.29, 0.717) is 5.56 Å². The van der Waals surface area contributed by atoms with Crippen molar-refractivity contribution in [1.29, 1.82) is 0 Å². The summed E-state index contributed by atoms with van der Waals surface area (Å²) in [4.78, 5) is 16.3. The van der Waals surface area contributed by atoms with Gasteiger partial charge in [-0.15, -0.1) is 0 Å². The van der Waals surface area contributed by atoms with E-state index in [2.05, 4.69) is 10.3 Å². The molecule has 0 spiro atoms. The lowest BCUT2D eigenvalue weighted by molar-refractivity contribution is -0.137. The maximum atomic E-state index is 13.0. The summed E-state index contributed by atoms with van der Waals surface area (Å²) in [5.41, 5.74) is 6.87. The van der Waals surface area contributed by atoms with Crippen LogP contribution < -0.4 is 11.1 Å². The molecule has 144 valence electrons. The van der Waals surface area contributed by atoms with E-state index in [0.717, 1.165) is 23.8 Å². The van der Waals surface area contributed by atoms with Crippen molar-refractivity contribution in [3.8, 4) is 11.1 Å². The van der Waals surface area contributed by atoms with E-state index in [9.17, 15) is 18.0 Å². The number of aromatic nitrogens is 1. The lowest BCUT2D eigenvalue weighted by Gasteiger charge is -2.13. The number of aryl methyl sites for hydroxylation is 1. The predicted molar refractivity (Wildman–Crippen MR) is 103 cm³/mol. The third kappa shape index (κ3) is 4.26. The number of halogens is 4. The molecule has 0 fully saturated rings. The first kappa shape index (κ1) is 19.7. The number of nitrogens with one attached hydrogen (secondary N) is 1. The number of carbonyl (C=O) groups excluding carboxylic acids is 1. The molecule has 0 radical (unpaired) electrons. The fourth-order valence-electron chi connectivity index (χ4n) is 2.57. The Morgan fingerprint density at radius 3 is 2.32 bits per heavy atom. The molecule has 0 aliphatic heterocycles. The van der Waals surface area contributed by atoms with E-state index in [-0.39, 0.29) is 33.7 Å². The SMILES string of the molecule is Cc1ccc(C(=O)Nc2ccc(-c3cc(C(F)(F)F)ccc3Cl)c(N)n2)cc1. The van der Waals surface area contributed by atoms with Gasteiger partial charge in [-0.2, -0.15) is 13.2 Å². The molecular formula is C20H15ClF3N3O. The van der Waals surface area contributed by atoms with Crippen LogP contribution in [0.2, 0.25) is 5.02 Å². The number of alkyl halides is 3. The average Bonchev–Trinajstić information content (AvgIpc) is 2.62. The molecule has 0 atom stereocenters. The van der Waals surface area contributed by atoms with Crippen LogP contribution in [-0.4, -0.2) is 10.9 Å². The lowest BCUT2D eigenvalue weighted by atomic mass is 10.0. The number of hydrogen-bond donors (Lipinski definition) is 2. The highest BCUT2D eigenvalue weighted by Gasteiger charge is 2.31. The molecule has 4 nitrogen and oxygen atoms in total. The van der Waals surface area contributed by atoms with Gasteiger partial charge in [-0.25, -0.2) is 4.98 Å². The molecule has 0 unspecified atom stereocenters. The number of nitrogens with zero attached hydrogens (tertiary/aromatic N) is 1. The van der Waals surface area contributed by atoms with Crippen LogP contribution in [0.15, 0.2) is 54.6 Å². The monoisotopic (exact) mass is 405 g/mol. The number of amides is 1. The van der Waals surface area contributed by atoms with E-state index in [4.69, 9.17) is 17.3 Å². The number of benzene rings is 2. The standard InChI is InChI=1S/C20H15ClF3N3O/c1-11-2-4-12(5-3-11)19(28)27-17-9-7-14(18(25)26-17)15-10-13(20(22,23)24)6-8-16(15)21/h2-10H,1H3,(H3,25,26,27,28). The molecule has 0 aliphatic carbocycles. The van der Waals surface area contributed by atoms with Crippen LogP contribution in [0.3, 0.4) is 0 Å². The first-order chi connectivity index (χ1) is 13.1. The first-order valence-corrected chi connectivity index (χ1v) is 8.54. The molecule has 3 rings (SSSR count). The number of hydrogen-bond acceptors (Lipinski definition) is 3. The van der Waals surface area contributed by atoms with E-state index in [1.807, 2.05) is 6.92 Å². The molecule has 2 aromatic carbocycles. The Labute approximate surface area is 164 Å². The highest BCUT2D eigenvalue weighted by atomic mass is 35.5. The third-order valence-electron chi connectivity index (χ3n) is 4.06. The maximum Gasteiger partial charge on any atom is 0.416 e. The van der Waals surface area contributed by atoms with Crippen molar-refractivity contribution < 1.29 is 18.0 Å². The average molecular weight is 406 g/mol. The van der Waals surface area contributed by atoms with Crippen LogP contribution >= 0.6 is 11.6 Å². The van der Waals surface area contributed by atoms with Gasteiger partial charge in [0.15, 0.2) is 0 Å². The highest BCUT2D eigenvalue weighted by Crippen LogP contribution is 2.37. The molecule has 3 N–H and O–H groups in total. The van der Waals surface area contributed by atoms with Gasteiger partial charge in [0, 0.05) is 21.7 Å². The number of anilines is 2. The van der Waals surface area contributed by atoms with Crippen LogP contribution in [-0.2, 0) is 6.18 Å². The van der Waals surface area contributed by atoms with Gasteiger partial charge in [-0.05, 0) is 49.4 Å². The summed E-state index contributed by atoms with van der Waals surface area (Å²) in [5.74, 6) is -0.255. The van der Waals surface area contributed by atoms with Crippen LogP contribution in [0.1, 0.15) is 21.5 Å². The number of nitrogen functional groups attached to an aromatic ring is 1. The Bertz CT molecular complexity index is 1030. The summed E-state index contributed by atoms with van der Waals surface area (Å²) in [5, 5.41) is 2.71. The van der Waals surface area contributed by atoms with Gasteiger partial charge in [0.1, 0.15) is 11.6 Å². The normalized spacial score (nSPS) is 11.3. The lowest BCUT2D eigenvalue weighted by Crippen LogP contribution is -2.13. The molecule has 1 heterocycles. The van der Waals surface area contributed by atoms with Crippen molar-refractivity contribution in [2.45, 2.75) is 13.1 Å². The van der Waals surface area contributed by atoms with Crippen molar-refractivity contribution in [3.63, 3.8) is 0 Å². The summed E-state index contributed by atoms with van der Waals surface area (Å²) in [7, 11) is 0. The second-order valence-electron chi connectivity index (χ2n) is 6.14. The Kier molecular flexibility index (Phi) is 5.29. The molecule has 8 heteroatoms. The minimum absolute atomic E-state index is 0.0528. The molecule has 3 aromatic rings. The first-order valence-electron chi connectivity index (χ1n) is 8.17. The second kappa shape index (κ2) is 7.52. The highest BCUT2D eigenvalue weighted by molar-refractivity contribution is 6.33. The van der Waals surface area contributed by atoms with E-state index < -0.39 is 11.7 Å². The molecule has 0 saturated heterocycles. The summed E-state index contributed by atoms with van der Waals surface area (Å²) >= 11 is 6.05. The second-order valence-corrected chi connectivity index (χ2v) is 6.55. The van der Waals surface area contributed by atoms with Crippen molar-refractivity contribution in [1.82, 2.24) is 4.98 Å². The smallest absolute Gasteiger partial charge is 0.383 e. The van der Waals surface area contributed by atoms with E-state index in [1.54, 1.807) is 24.3 Å². The van der Waals surface area contributed by atoms with Crippen LogP contribution in [0.25, 0.3) is 11.1 Å². The van der Waals surface area contributed by atoms with Gasteiger partial charge >= 0.3 is 6.18 Å². The molecular weight excluding hydrogens is 391 g/mol. The zero-order chi connectivity index (χ0) is 20.5. The van der Waals surface area contributed by atoms with Crippen molar-refractivity contribution >= 4 is 29.1 Å². The van der Waals surface area contributed by atoms with Gasteiger partial charge < -0.3 is 11.1 Å². The van der Waals surface area contributed by atoms with Gasteiger partial charge in [-0.1, -0.05) is 29.3 Å². The number of pyridine rings is 1. The fourth-order valence-corrected chi connectivity index (χ4v) is 2.79. The molecule has 0 saturated carbocycles. The quantitative estimate of drug-likeness (QED) is 0.599. The van der Waals surface area contributed by atoms with Crippen LogP contribution in [0.4, 0.5) is 24.8 Å². The maximum absolute atomic E-state index is 13.0. The summed E-state index contributed by atoms with van der Waals surface area (Å²) < 4.78 is 38.9. The summed E-state index contributed by atoms with van der Waals surface area (Å²) in [6.07, 6.45) is -4.51. The van der Waals surface area contributed by atoms with Crippen molar-refractivity contribution in [2.24, 2.45) is 0 Å².